The van der Waals surface area contributed by atoms with Crippen LogP contribution in [0.1, 0.15) is 25.0 Å². The van der Waals surface area contributed by atoms with Crippen molar-refractivity contribution in [3.63, 3.8) is 0 Å². The average molecular weight is 530 g/mol. The fraction of sp³-hybridized carbons (Fsp3) is 0.391. The third kappa shape index (κ3) is 7.01. The standard InChI is InChI=1S/C23H29Cl2N3O5S/c1-6-26-23(30)16(3)27(13-17-8-9-18(24)19(25)12-17)22(29)14-28(34(5,31)32)20-11-15(2)7-10-21(20)33-4/h7-12,16H,6,13-14H2,1-5H3,(H,26,30)/t16-/m0/s1. The topological polar surface area (TPSA) is 96.0 Å². The number of anilines is 1. The molecule has 0 bridgehead atoms. The van der Waals surface area contributed by atoms with Crippen molar-refractivity contribution in [1.29, 1.82) is 0 Å². The van der Waals surface area contributed by atoms with Crippen LogP contribution in [-0.4, -0.2) is 57.6 Å². The van der Waals surface area contributed by atoms with Crippen molar-refractivity contribution >= 4 is 50.7 Å². The Labute approximate surface area is 210 Å². The molecule has 0 spiro atoms. The van der Waals surface area contributed by atoms with Gasteiger partial charge in [-0.15, -0.1) is 0 Å². The van der Waals surface area contributed by atoms with Crippen LogP contribution in [0, 0.1) is 6.92 Å². The summed E-state index contributed by atoms with van der Waals surface area (Å²) < 4.78 is 31.7. The SMILES string of the molecule is CCNC(=O)[C@H](C)N(Cc1ccc(Cl)c(Cl)c1)C(=O)CN(c1cc(C)ccc1OC)S(C)(=O)=O. The van der Waals surface area contributed by atoms with Crippen molar-refractivity contribution in [2.75, 3.05) is 30.8 Å². The maximum absolute atomic E-state index is 13.5. The van der Waals surface area contributed by atoms with Gasteiger partial charge in [0.1, 0.15) is 18.3 Å². The Balaban J connectivity index is 2.47. The van der Waals surface area contributed by atoms with E-state index < -0.39 is 28.5 Å². The largest absolute Gasteiger partial charge is 0.495 e. The number of nitrogens with one attached hydrogen (secondary N) is 1. The Morgan fingerprint density at radius 1 is 1.12 bits per heavy atom. The molecule has 11 heteroatoms. The van der Waals surface area contributed by atoms with E-state index in [9.17, 15) is 18.0 Å². The number of halogens is 2. The molecule has 0 aliphatic carbocycles. The summed E-state index contributed by atoms with van der Waals surface area (Å²) in [6, 6.07) is 9.06. The summed E-state index contributed by atoms with van der Waals surface area (Å²) in [6.07, 6.45) is 1.01. The van der Waals surface area contributed by atoms with Gasteiger partial charge in [0, 0.05) is 13.1 Å². The van der Waals surface area contributed by atoms with Crippen molar-refractivity contribution in [3.05, 3.63) is 57.6 Å². The normalized spacial score (nSPS) is 12.1. The lowest BCUT2D eigenvalue weighted by Crippen LogP contribution is -2.51. The Morgan fingerprint density at radius 2 is 1.79 bits per heavy atom. The number of carbonyl (C=O) groups is 2. The highest BCUT2D eigenvalue weighted by atomic mass is 35.5. The van der Waals surface area contributed by atoms with Gasteiger partial charge < -0.3 is 15.0 Å². The lowest BCUT2D eigenvalue weighted by molar-refractivity contribution is -0.139. The molecule has 2 amide bonds. The molecule has 0 aliphatic heterocycles. The van der Waals surface area contributed by atoms with E-state index in [-0.39, 0.29) is 18.1 Å². The van der Waals surface area contributed by atoms with Gasteiger partial charge >= 0.3 is 0 Å². The highest BCUT2D eigenvalue weighted by Gasteiger charge is 2.31. The summed E-state index contributed by atoms with van der Waals surface area (Å²) in [5.74, 6) is -0.634. The average Bonchev–Trinajstić information content (AvgIpc) is 2.76. The van der Waals surface area contributed by atoms with Gasteiger partial charge in [-0.05, 0) is 56.2 Å². The smallest absolute Gasteiger partial charge is 0.244 e. The van der Waals surface area contributed by atoms with Crippen LogP contribution in [0.4, 0.5) is 5.69 Å². The van der Waals surface area contributed by atoms with Crippen molar-refractivity contribution in [1.82, 2.24) is 10.2 Å². The highest BCUT2D eigenvalue weighted by Crippen LogP contribution is 2.31. The number of benzene rings is 2. The number of carbonyl (C=O) groups excluding carboxylic acids is 2. The molecule has 0 aliphatic rings. The lowest BCUT2D eigenvalue weighted by Gasteiger charge is -2.32. The molecule has 34 heavy (non-hydrogen) atoms. The van der Waals surface area contributed by atoms with E-state index in [0.29, 0.717) is 27.9 Å². The zero-order chi connectivity index (χ0) is 25.6. The second-order valence-corrected chi connectivity index (χ2v) is 10.5. The summed E-state index contributed by atoms with van der Waals surface area (Å²) in [5.41, 5.74) is 1.66. The zero-order valence-corrected chi connectivity index (χ0v) is 22.1. The fourth-order valence-electron chi connectivity index (χ4n) is 3.33. The molecule has 0 saturated carbocycles. The zero-order valence-electron chi connectivity index (χ0n) is 19.8. The van der Waals surface area contributed by atoms with Gasteiger partial charge in [-0.3, -0.25) is 13.9 Å². The summed E-state index contributed by atoms with van der Waals surface area (Å²) in [6.45, 7) is 5.04. The predicted octanol–water partition coefficient (Wildman–Crippen LogP) is 3.63. The van der Waals surface area contributed by atoms with Gasteiger partial charge in [0.2, 0.25) is 21.8 Å². The Hall–Kier alpha value is -2.49. The van der Waals surface area contributed by atoms with Gasteiger partial charge in [0.05, 0.1) is 29.1 Å². The van der Waals surface area contributed by atoms with E-state index in [1.807, 2.05) is 0 Å². The predicted molar refractivity (Wildman–Crippen MR) is 135 cm³/mol. The van der Waals surface area contributed by atoms with Crippen LogP contribution in [0.25, 0.3) is 0 Å². The highest BCUT2D eigenvalue weighted by molar-refractivity contribution is 7.92. The molecule has 186 valence electrons. The van der Waals surface area contributed by atoms with E-state index in [2.05, 4.69) is 5.32 Å². The number of methoxy groups -OCH3 is 1. The molecule has 0 aromatic heterocycles. The molecule has 0 fully saturated rings. The first-order chi connectivity index (χ1) is 15.9. The van der Waals surface area contributed by atoms with Crippen LogP contribution in [0.5, 0.6) is 5.75 Å². The molecular weight excluding hydrogens is 501 g/mol. The number of hydrogen-bond acceptors (Lipinski definition) is 5. The molecule has 2 aromatic carbocycles. The molecule has 0 radical (unpaired) electrons. The first-order valence-corrected chi connectivity index (χ1v) is 13.1. The van der Waals surface area contributed by atoms with Crippen LogP contribution < -0.4 is 14.4 Å². The second-order valence-electron chi connectivity index (χ2n) is 7.79. The van der Waals surface area contributed by atoms with E-state index in [1.54, 1.807) is 57.2 Å². The van der Waals surface area contributed by atoms with E-state index >= 15 is 0 Å². The Bertz CT molecular complexity index is 1160. The molecule has 2 rings (SSSR count). The minimum absolute atomic E-state index is 0.0244. The number of hydrogen-bond donors (Lipinski definition) is 1. The molecule has 1 N–H and O–H groups in total. The molecule has 2 aromatic rings. The van der Waals surface area contributed by atoms with Gasteiger partial charge in [0.25, 0.3) is 0 Å². The van der Waals surface area contributed by atoms with Crippen LogP contribution in [-0.2, 0) is 26.2 Å². The summed E-state index contributed by atoms with van der Waals surface area (Å²) >= 11 is 12.1. The first kappa shape index (κ1) is 27.8. The molecule has 8 nitrogen and oxygen atoms in total. The molecule has 0 unspecified atom stereocenters. The summed E-state index contributed by atoms with van der Waals surface area (Å²) in [4.78, 5) is 27.4. The van der Waals surface area contributed by atoms with Gasteiger partial charge in [0.15, 0.2) is 0 Å². The molecular formula is C23H29Cl2N3O5S. The van der Waals surface area contributed by atoms with Crippen molar-refractivity contribution in [3.8, 4) is 5.75 Å². The van der Waals surface area contributed by atoms with E-state index in [4.69, 9.17) is 27.9 Å². The van der Waals surface area contributed by atoms with Crippen LogP contribution in [0.15, 0.2) is 36.4 Å². The van der Waals surface area contributed by atoms with E-state index in [0.717, 1.165) is 16.1 Å². The Morgan fingerprint density at radius 3 is 2.35 bits per heavy atom. The quantitative estimate of drug-likeness (QED) is 0.506. The van der Waals surface area contributed by atoms with Gasteiger partial charge in [-0.25, -0.2) is 8.42 Å². The number of rotatable bonds is 10. The third-order valence-corrected chi connectivity index (χ3v) is 7.00. The number of amides is 2. The maximum Gasteiger partial charge on any atom is 0.244 e. The first-order valence-electron chi connectivity index (χ1n) is 10.5. The number of ether oxygens (including phenoxy) is 1. The number of sulfonamides is 1. The maximum atomic E-state index is 13.5. The minimum Gasteiger partial charge on any atom is -0.495 e. The summed E-state index contributed by atoms with van der Waals surface area (Å²) in [7, 11) is -2.45. The van der Waals surface area contributed by atoms with Gasteiger partial charge in [-0.1, -0.05) is 35.3 Å². The number of nitrogens with zero attached hydrogens (tertiary/aromatic N) is 2. The number of likely N-dealkylation sites (N-methyl/N-ethyl adjacent to an activating group) is 1. The molecule has 0 heterocycles. The minimum atomic E-state index is -3.87. The van der Waals surface area contributed by atoms with Gasteiger partial charge in [-0.2, -0.15) is 0 Å². The second kappa shape index (κ2) is 11.8. The Kier molecular flexibility index (Phi) is 9.61. The van der Waals surface area contributed by atoms with Crippen molar-refractivity contribution in [2.45, 2.75) is 33.4 Å². The van der Waals surface area contributed by atoms with Crippen LogP contribution in [0.3, 0.4) is 0 Å². The van der Waals surface area contributed by atoms with Crippen LogP contribution >= 0.6 is 23.2 Å². The third-order valence-electron chi connectivity index (χ3n) is 5.14. The molecule has 0 saturated heterocycles. The summed E-state index contributed by atoms with van der Waals surface area (Å²) in [5, 5.41) is 3.36. The fourth-order valence-corrected chi connectivity index (χ4v) is 4.49. The van der Waals surface area contributed by atoms with Crippen molar-refractivity contribution in [2.24, 2.45) is 0 Å². The number of aryl methyl sites for hydroxylation is 1. The lowest BCUT2D eigenvalue weighted by atomic mass is 10.1. The van der Waals surface area contributed by atoms with E-state index in [1.165, 1.54) is 12.0 Å². The monoisotopic (exact) mass is 529 g/mol. The molecule has 1 atom stereocenters. The van der Waals surface area contributed by atoms with Crippen LogP contribution in [0.2, 0.25) is 10.0 Å². The van der Waals surface area contributed by atoms with Crippen molar-refractivity contribution < 1.29 is 22.7 Å².